The number of aryl methyl sites for hydroxylation is 2. The van der Waals surface area contributed by atoms with Crippen molar-refractivity contribution >= 4 is 11.5 Å². The van der Waals surface area contributed by atoms with Crippen molar-refractivity contribution in [2.75, 3.05) is 12.8 Å². The molecule has 76 valence electrons. The Morgan fingerprint density at radius 2 is 1.79 bits per heavy atom. The average Bonchev–Trinajstić information content (AvgIpc) is 2.15. The highest BCUT2D eigenvalue weighted by molar-refractivity contribution is 6.04. The third-order valence-electron chi connectivity index (χ3n) is 2.59. The molecule has 0 saturated carbocycles. The summed E-state index contributed by atoms with van der Waals surface area (Å²) in [5.74, 6) is 0.506. The first-order valence-corrected chi connectivity index (χ1v) is 4.58. The van der Waals surface area contributed by atoms with E-state index in [-0.39, 0.29) is 0 Å². The zero-order chi connectivity index (χ0) is 10.9. The van der Waals surface area contributed by atoms with Gasteiger partial charge in [0.1, 0.15) is 5.84 Å². The van der Waals surface area contributed by atoms with E-state index in [1.807, 2.05) is 20.8 Å². The van der Waals surface area contributed by atoms with Crippen LogP contribution in [0.15, 0.2) is 11.1 Å². The number of benzene rings is 1. The summed E-state index contributed by atoms with van der Waals surface area (Å²) in [6.07, 6.45) is 0. The van der Waals surface area contributed by atoms with Gasteiger partial charge in [-0.3, -0.25) is 4.99 Å². The van der Waals surface area contributed by atoms with Crippen LogP contribution in [-0.4, -0.2) is 12.9 Å². The van der Waals surface area contributed by atoms with Crippen molar-refractivity contribution < 1.29 is 0 Å². The van der Waals surface area contributed by atoms with Gasteiger partial charge in [0.15, 0.2) is 0 Å². The van der Waals surface area contributed by atoms with E-state index in [4.69, 9.17) is 11.5 Å². The molecular formula is C11H17N3. The fourth-order valence-electron chi connectivity index (χ4n) is 1.55. The Bertz CT molecular complexity index is 366. The summed E-state index contributed by atoms with van der Waals surface area (Å²) in [5, 5.41) is 0. The molecule has 0 fully saturated rings. The van der Waals surface area contributed by atoms with Crippen molar-refractivity contribution in [3.63, 3.8) is 0 Å². The van der Waals surface area contributed by atoms with Crippen molar-refractivity contribution in [1.29, 1.82) is 0 Å². The number of nitrogens with two attached hydrogens (primary N) is 2. The Morgan fingerprint density at radius 1 is 1.21 bits per heavy atom. The lowest BCUT2D eigenvalue weighted by Crippen LogP contribution is -2.18. The van der Waals surface area contributed by atoms with Crippen molar-refractivity contribution in [2.45, 2.75) is 20.8 Å². The van der Waals surface area contributed by atoms with Crippen LogP contribution in [0.1, 0.15) is 22.3 Å². The fourth-order valence-corrected chi connectivity index (χ4v) is 1.55. The first kappa shape index (κ1) is 10.6. The third-order valence-corrected chi connectivity index (χ3v) is 2.59. The van der Waals surface area contributed by atoms with E-state index in [1.54, 1.807) is 7.05 Å². The molecule has 0 spiro atoms. The minimum Gasteiger partial charge on any atom is -0.398 e. The van der Waals surface area contributed by atoms with Crippen LogP contribution in [0.4, 0.5) is 5.69 Å². The lowest BCUT2D eigenvalue weighted by Gasteiger charge is -2.13. The van der Waals surface area contributed by atoms with Crippen LogP contribution in [0.2, 0.25) is 0 Å². The van der Waals surface area contributed by atoms with E-state index in [0.29, 0.717) is 5.84 Å². The van der Waals surface area contributed by atoms with Crippen LogP contribution in [0.25, 0.3) is 0 Å². The van der Waals surface area contributed by atoms with Crippen LogP contribution < -0.4 is 11.5 Å². The van der Waals surface area contributed by atoms with E-state index < -0.39 is 0 Å². The lowest BCUT2D eigenvalue weighted by molar-refractivity contribution is 1.27. The zero-order valence-electron chi connectivity index (χ0n) is 9.18. The molecule has 1 aromatic rings. The van der Waals surface area contributed by atoms with Gasteiger partial charge in [-0.15, -0.1) is 0 Å². The zero-order valence-corrected chi connectivity index (χ0v) is 9.18. The SMILES string of the molecule is CN=C(N)c1c(C)c(C)cc(C)c1N. The summed E-state index contributed by atoms with van der Waals surface area (Å²) < 4.78 is 0. The van der Waals surface area contributed by atoms with Gasteiger partial charge in [0.05, 0.1) is 0 Å². The van der Waals surface area contributed by atoms with Gasteiger partial charge in [-0.2, -0.15) is 0 Å². The van der Waals surface area contributed by atoms with Crippen LogP contribution in [-0.2, 0) is 0 Å². The molecule has 0 atom stereocenters. The molecule has 0 unspecified atom stereocenters. The highest BCUT2D eigenvalue weighted by Gasteiger charge is 2.11. The molecule has 0 aliphatic carbocycles. The lowest BCUT2D eigenvalue weighted by atomic mass is 9.97. The average molecular weight is 191 g/mol. The second kappa shape index (κ2) is 3.70. The summed E-state index contributed by atoms with van der Waals surface area (Å²) >= 11 is 0. The van der Waals surface area contributed by atoms with E-state index in [2.05, 4.69) is 11.1 Å². The van der Waals surface area contributed by atoms with Gasteiger partial charge < -0.3 is 11.5 Å². The number of hydrogen-bond donors (Lipinski definition) is 2. The van der Waals surface area contributed by atoms with Crippen LogP contribution in [0, 0.1) is 20.8 Å². The Kier molecular flexibility index (Phi) is 2.79. The third kappa shape index (κ3) is 1.58. The highest BCUT2D eigenvalue weighted by atomic mass is 14.8. The Hall–Kier alpha value is -1.51. The second-order valence-electron chi connectivity index (χ2n) is 3.53. The molecule has 3 heteroatoms. The van der Waals surface area contributed by atoms with E-state index in [0.717, 1.165) is 22.4 Å². The summed E-state index contributed by atoms with van der Waals surface area (Å²) in [5.41, 5.74) is 16.7. The minimum absolute atomic E-state index is 0.506. The monoisotopic (exact) mass is 191 g/mol. The van der Waals surface area contributed by atoms with Crippen LogP contribution >= 0.6 is 0 Å². The molecule has 0 radical (unpaired) electrons. The quantitative estimate of drug-likeness (QED) is 0.401. The minimum atomic E-state index is 0.506. The maximum atomic E-state index is 5.97. The molecule has 0 saturated heterocycles. The van der Waals surface area contributed by atoms with Gasteiger partial charge in [-0.25, -0.2) is 0 Å². The molecular weight excluding hydrogens is 174 g/mol. The van der Waals surface area contributed by atoms with Crippen molar-refractivity contribution in [3.05, 3.63) is 28.3 Å². The highest BCUT2D eigenvalue weighted by Crippen LogP contribution is 2.23. The topological polar surface area (TPSA) is 64.4 Å². The maximum Gasteiger partial charge on any atom is 0.127 e. The summed E-state index contributed by atoms with van der Waals surface area (Å²) in [6, 6.07) is 2.07. The molecule has 3 nitrogen and oxygen atoms in total. The standard InChI is InChI=1S/C11H17N3/c1-6-5-7(2)10(12)9(8(6)3)11(13)14-4/h5H,12H2,1-4H3,(H2,13,14). The number of rotatable bonds is 1. The molecule has 4 N–H and O–H groups in total. The van der Waals surface area contributed by atoms with Crippen LogP contribution in [0.3, 0.4) is 0 Å². The molecule has 0 aliphatic rings. The molecule has 0 aliphatic heterocycles. The largest absolute Gasteiger partial charge is 0.398 e. The predicted molar refractivity (Wildman–Crippen MR) is 61.7 cm³/mol. The van der Waals surface area contributed by atoms with E-state index in [9.17, 15) is 0 Å². The van der Waals surface area contributed by atoms with Gasteiger partial charge in [-0.1, -0.05) is 6.07 Å². The van der Waals surface area contributed by atoms with Gasteiger partial charge in [0, 0.05) is 18.3 Å². The van der Waals surface area contributed by atoms with Crippen molar-refractivity contribution in [2.24, 2.45) is 10.7 Å². The molecule has 0 amide bonds. The number of aliphatic imine (C=N–C) groups is 1. The summed E-state index contributed by atoms with van der Waals surface area (Å²) in [7, 11) is 1.67. The molecule has 0 heterocycles. The Labute approximate surface area is 84.8 Å². The van der Waals surface area contributed by atoms with Crippen molar-refractivity contribution in [3.8, 4) is 0 Å². The normalized spacial score (nSPS) is 11.9. The Balaban J connectivity index is 3.55. The van der Waals surface area contributed by atoms with Crippen molar-refractivity contribution in [1.82, 2.24) is 0 Å². The summed E-state index contributed by atoms with van der Waals surface area (Å²) in [4.78, 5) is 3.98. The predicted octanol–water partition coefficient (Wildman–Crippen LogP) is 1.53. The smallest absolute Gasteiger partial charge is 0.127 e. The van der Waals surface area contributed by atoms with Crippen LogP contribution in [0.5, 0.6) is 0 Å². The molecule has 1 aromatic carbocycles. The molecule has 1 rings (SSSR count). The van der Waals surface area contributed by atoms with Gasteiger partial charge in [0.2, 0.25) is 0 Å². The first-order chi connectivity index (χ1) is 6.49. The van der Waals surface area contributed by atoms with Gasteiger partial charge in [-0.05, 0) is 37.5 Å². The van der Waals surface area contributed by atoms with Gasteiger partial charge >= 0.3 is 0 Å². The number of amidine groups is 1. The molecule has 14 heavy (non-hydrogen) atoms. The van der Waals surface area contributed by atoms with Gasteiger partial charge in [0.25, 0.3) is 0 Å². The maximum absolute atomic E-state index is 5.97. The number of anilines is 1. The fraction of sp³-hybridized carbons (Fsp3) is 0.364. The molecule has 0 bridgehead atoms. The van der Waals surface area contributed by atoms with E-state index >= 15 is 0 Å². The Morgan fingerprint density at radius 3 is 2.29 bits per heavy atom. The number of nitrogen functional groups attached to an aromatic ring is 1. The summed E-state index contributed by atoms with van der Waals surface area (Å²) in [6.45, 7) is 6.04. The number of nitrogens with zero attached hydrogens (tertiary/aromatic N) is 1. The molecule has 0 aromatic heterocycles. The second-order valence-corrected chi connectivity index (χ2v) is 3.53. The number of hydrogen-bond acceptors (Lipinski definition) is 2. The van der Waals surface area contributed by atoms with E-state index in [1.165, 1.54) is 5.56 Å². The first-order valence-electron chi connectivity index (χ1n) is 4.58.